The van der Waals surface area contributed by atoms with Gasteiger partial charge in [-0.25, -0.2) is 10.2 Å². The Hall–Kier alpha value is -3.65. The number of rotatable bonds is 10. The summed E-state index contributed by atoms with van der Waals surface area (Å²) in [7, 11) is 0. The summed E-state index contributed by atoms with van der Waals surface area (Å²) in [6.07, 6.45) is 2.30. The molecule has 0 fully saturated rings. The molecule has 8 heteroatoms. The minimum Gasteiger partial charge on any atom is -0.494 e. The van der Waals surface area contributed by atoms with Gasteiger partial charge in [0.1, 0.15) is 17.2 Å². The van der Waals surface area contributed by atoms with Gasteiger partial charge in [0, 0.05) is 10.0 Å². The fourth-order valence-electron chi connectivity index (χ4n) is 2.77. The van der Waals surface area contributed by atoms with Crippen LogP contribution in [0.5, 0.6) is 17.2 Å². The number of benzene rings is 3. The van der Waals surface area contributed by atoms with Gasteiger partial charge in [-0.3, -0.25) is 4.79 Å². The number of aryl methyl sites for hydroxylation is 1. The molecule has 3 rings (SSSR count). The number of carbonyl (C=O) groups excluding carboxylic acids is 2. The van der Waals surface area contributed by atoms with Crippen molar-refractivity contribution >= 4 is 34.0 Å². The first-order valence-corrected chi connectivity index (χ1v) is 11.5. The zero-order valence-electron chi connectivity index (χ0n) is 18.9. The van der Waals surface area contributed by atoms with Gasteiger partial charge in [0.2, 0.25) is 0 Å². The SMILES string of the molecule is CCCOc1ccc(C(=O)Oc2ccc(Br)cc2C=NNC(=O)COc2ccc(C)cc2)cc1. The highest BCUT2D eigenvalue weighted by molar-refractivity contribution is 9.10. The lowest BCUT2D eigenvalue weighted by Crippen LogP contribution is -2.24. The molecule has 0 spiro atoms. The van der Waals surface area contributed by atoms with E-state index in [9.17, 15) is 9.59 Å². The number of nitrogens with zero attached hydrogens (tertiary/aromatic N) is 1. The number of hydrogen-bond donors (Lipinski definition) is 1. The summed E-state index contributed by atoms with van der Waals surface area (Å²) >= 11 is 3.39. The van der Waals surface area contributed by atoms with E-state index < -0.39 is 11.9 Å². The van der Waals surface area contributed by atoms with Crippen molar-refractivity contribution in [3.63, 3.8) is 0 Å². The quantitative estimate of drug-likeness (QED) is 0.168. The summed E-state index contributed by atoms with van der Waals surface area (Å²) < 4.78 is 17.3. The monoisotopic (exact) mass is 524 g/mol. The van der Waals surface area contributed by atoms with Crippen LogP contribution in [0.4, 0.5) is 0 Å². The van der Waals surface area contributed by atoms with Crippen LogP contribution in [-0.4, -0.2) is 31.3 Å². The first kappa shape index (κ1) is 25.0. The summed E-state index contributed by atoms with van der Waals surface area (Å²) in [6.45, 7) is 4.42. The smallest absolute Gasteiger partial charge is 0.343 e. The maximum atomic E-state index is 12.6. The van der Waals surface area contributed by atoms with Gasteiger partial charge in [-0.05, 0) is 67.9 Å². The van der Waals surface area contributed by atoms with Crippen LogP contribution in [0.3, 0.4) is 0 Å². The molecule has 0 unspecified atom stereocenters. The number of carbonyl (C=O) groups is 2. The lowest BCUT2D eigenvalue weighted by Gasteiger charge is -2.09. The number of amides is 1. The topological polar surface area (TPSA) is 86.2 Å². The summed E-state index contributed by atoms with van der Waals surface area (Å²) in [5, 5.41) is 3.96. The minimum absolute atomic E-state index is 0.182. The second kappa shape index (κ2) is 12.6. The number of ether oxygens (including phenoxy) is 3. The maximum absolute atomic E-state index is 12.6. The molecule has 0 aliphatic rings. The van der Waals surface area contributed by atoms with Crippen LogP contribution in [0.15, 0.2) is 76.3 Å². The molecule has 0 aliphatic carbocycles. The van der Waals surface area contributed by atoms with Gasteiger partial charge in [-0.1, -0.05) is 40.5 Å². The molecule has 0 atom stereocenters. The third-order valence-electron chi connectivity index (χ3n) is 4.52. The Morgan fingerprint density at radius 3 is 2.35 bits per heavy atom. The van der Waals surface area contributed by atoms with Gasteiger partial charge in [-0.15, -0.1) is 0 Å². The molecule has 34 heavy (non-hydrogen) atoms. The lowest BCUT2D eigenvalue weighted by molar-refractivity contribution is -0.123. The summed E-state index contributed by atoms with van der Waals surface area (Å²) in [5.41, 5.74) is 4.40. The average Bonchev–Trinajstić information content (AvgIpc) is 2.84. The van der Waals surface area contributed by atoms with Crippen LogP contribution in [0, 0.1) is 6.92 Å². The van der Waals surface area contributed by atoms with Gasteiger partial charge in [0.05, 0.1) is 18.4 Å². The van der Waals surface area contributed by atoms with Crippen LogP contribution < -0.4 is 19.6 Å². The fourth-order valence-corrected chi connectivity index (χ4v) is 3.15. The molecule has 0 saturated carbocycles. The van der Waals surface area contributed by atoms with Crippen molar-refractivity contribution in [2.75, 3.05) is 13.2 Å². The normalized spacial score (nSPS) is 10.7. The van der Waals surface area contributed by atoms with Crippen LogP contribution in [0.25, 0.3) is 0 Å². The zero-order valence-corrected chi connectivity index (χ0v) is 20.5. The summed E-state index contributed by atoms with van der Waals surface area (Å²) in [5.74, 6) is 0.645. The van der Waals surface area contributed by atoms with E-state index in [1.54, 1.807) is 54.6 Å². The van der Waals surface area contributed by atoms with E-state index in [0.29, 0.717) is 35.0 Å². The Labute approximate surface area is 206 Å². The fraction of sp³-hybridized carbons (Fsp3) is 0.192. The first-order valence-electron chi connectivity index (χ1n) is 10.7. The second-order valence-corrected chi connectivity index (χ2v) is 8.26. The van der Waals surface area contributed by atoms with E-state index in [1.165, 1.54) is 6.21 Å². The zero-order chi connectivity index (χ0) is 24.3. The molecule has 0 aromatic heterocycles. The van der Waals surface area contributed by atoms with E-state index >= 15 is 0 Å². The molecule has 0 saturated heterocycles. The maximum Gasteiger partial charge on any atom is 0.343 e. The standard InChI is InChI=1S/C26H25BrN2O5/c1-3-14-32-22-11-6-19(7-12-22)26(31)34-24-13-8-21(27)15-20(24)16-28-29-25(30)17-33-23-9-4-18(2)5-10-23/h4-13,15-16H,3,14,17H2,1-2H3,(H,29,30). The molecule has 3 aromatic rings. The summed E-state index contributed by atoms with van der Waals surface area (Å²) in [4.78, 5) is 24.6. The molecular formula is C26H25BrN2O5. The molecule has 0 aliphatic heterocycles. The van der Waals surface area contributed by atoms with Crippen LogP contribution in [0.2, 0.25) is 0 Å². The molecule has 0 bridgehead atoms. The van der Waals surface area contributed by atoms with E-state index in [4.69, 9.17) is 14.2 Å². The number of nitrogens with one attached hydrogen (secondary N) is 1. The van der Waals surface area contributed by atoms with Crippen molar-refractivity contribution in [2.45, 2.75) is 20.3 Å². The van der Waals surface area contributed by atoms with E-state index in [0.717, 1.165) is 16.5 Å². The number of esters is 1. The predicted octanol–water partition coefficient (Wildman–Crippen LogP) is 5.29. The van der Waals surface area contributed by atoms with E-state index in [2.05, 4.69) is 26.5 Å². The van der Waals surface area contributed by atoms with Crippen molar-refractivity contribution in [1.82, 2.24) is 5.43 Å². The average molecular weight is 525 g/mol. The Kier molecular flexibility index (Phi) is 9.22. The van der Waals surface area contributed by atoms with Crippen molar-refractivity contribution in [1.29, 1.82) is 0 Å². The highest BCUT2D eigenvalue weighted by Crippen LogP contribution is 2.23. The third-order valence-corrected chi connectivity index (χ3v) is 5.01. The molecular weight excluding hydrogens is 500 g/mol. The van der Waals surface area contributed by atoms with E-state index in [1.807, 2.05) is 26.0 Å². The summed E-state index contributed by atoms with van der Waals surface area (Å²) in [6, 6.07) is 19.2. The minimum atomic E-state index is -0.519. The van der Waals surface area contributed by atoms with Gasteiger partial charge in [0.25, 0.3) is 5.91 Å². The molecule has 7 nitrogen and oxygen atoms in total. The largest absolute Gasteiger partial charge is 0.494 e. The lowest BCUT2D eigenvalue weighted by atomic mass is 10.2. The molecule has 176 valence electrons. The van der Waals surface area contributed by atoms with Gasteiger partial charge < -0.3 is 14.2 Å². The van der Waals surface area contributed by atoms with Gasteiger partial charge >= 0.3 is 5.97 Å². The number of halogens is 1. The second-order valence-electron chi connectivity index (χ2n) is 7.34. The predicted molar refractivity (Wildman–Crippen MR) is 134 cm³/mol. The van der Waals surface area contributed by atoms with Gasteiger partial charge in [-0.2, -0.15) is 5.10 Å². The molecule has 0 radical (unpaired) electrons. The molecule has 1 N–H and O–H groups in total. The Balaban J connectivity index is 1.59. The Morgan fingerprint density at radius 2 is 1.65 bits per heavy atom. The Bertz CT molecular complexity index is 1140. The third kappa shape index (κ3) is 7.74. The number of hydrogen-bond acceptors (Lipinski definition) is 6. The molecule has 3 aromatic carbocycles. The van der Waals surface area contributed by atoms with E-state index in [-0.39, 0.29) is 6.61 Å². The van der Waals surface area contributed by atoms with Crippen molar-refractivity contribution in [2.24, 2.45) is 5.10 Å². The Morgan fingerprint density at radius 1 is 0.971 bits per heavy atom. The van der Waals surface area contributed by atoms with Crippen LogP contribution >= 0.6 is 15.9 Å². The number of hydrazone groups is 1. The highest BCUT2D eigenvalue weighted by atomic mass is 79.9. The van der Waals surface area contributed by atoms with Crippen molar-refractivity contribution < 1.29 is 23.8 Å². The van der Waals surface area contributed by atoms with Crippen molar-refractivity contribution in [3.8, 4) is 17.2 Å². The molecule has 0 heterocycles. The molecule has 1 amide bonds. The van der Waals surface area contributed by atoms with Crippen molar-refractivity contribution in [3.05, 3.63) is 87.9 Å². The highest BCUT2D eigenvalue weighted by Gasteiger charge is 2.12. The van der Waals surface area contributed by atoms with Crippen LogP contribution in [-0.2, 0) is 4.79 Å². The van der Waals surface area contributed by atoms with Gasteiger partial charge in [0.15, 0.2) is 6.61 Å². The first-order chi connectivity index (χ1) is 16.4. The van der Waals surface area contributed by atoms with Crippen LogP contribution in [0.1, 0.15) is 34.8 Å².